The Hall–Kier alpha value is -1.84. The van der Waals surface area contributed by atoms with E-state index < -0.39 is 10.0 Å². The molecule has 7 nitrogen and oxygen atoms in total. The lowest BCUT2D eigenvalue weighted by molar-refractivity contribution is -0.120. The minimum absolute atomic E-state index is 0.113. The van der Waals surface area contributed by atoms with E-state index in [4.69, 9.17) is 0 Å². The van der Waals surface area contributed by atoms with Gasteiger partial charge in [-0.1, -0.05) is 17.4 Å². The Morgan fingerprint density at radius 2 is 1.89 bits per heavy atom. The van der Waals surface area contributed by atoms with Gasteiger partial charge in [0.1, 0.15) is 5.51 Å². The molecule has 1 aromatic heterocycles. The van der Waals surface area contributed by atoms with Crippen molar-refractivity contribution in [2.45, 2.75) is 43.4 Å². The molecule has 0 atom stereocenters. The van der Waals surface area contributed by atoms with Crippen LogP contribution in [0.2, 0.25) is 0 Å². The van der Waals surface area contributed by atoms with Crippen molar-refractivity contribution in [3.05, 3.63) is 34.8 Å². The third-order valence-corrected chi connectivity index (χ3v) is 7.87. The molecule has 0 radical (unpaired) electrons. The molecule has 2 aliphatic rings. The first-order chi connectivity index (χ1) is 13.0. The molecule has 1 fully saturated rings. The van der Waals surface area contributed by atoms with Gasteiger partial charge in [-0.3, -0.25) is 4.79 Å². The molecule has 1 aliphatic heterocycles. The molecule has 1 N–H and O–H groups in total. The number of nitrogens with one attached hydrogen (secondary N) is 1. The average molecular weight is 407 g/mol. The number of aryl methyl sites for hydroxylation is 2. The molecule has 1 aromatic carbocycles. The van der Waals surface area contributed by atoms with Crippen molar-refractivity contribution in [1.82, 2.24) is 14.5 Å². The van der Waals surface area contributed by atoms with Gasteiger partial charge in [-0.25, -0.2) is 8.42 Å². The van der Waals surface area contributed by atoms with Crippen molar-refractivity contribution in [2.75, 3.05) is 18.4 Å². The number of amides is 1. The lowest BCUT2D eigenvalue weighted by Gasteiger charge is -2.30. The predicted molar refractivity (Wildman–Crippen MR) is 103 cm³/mol. The van der Waals surface area contributed by atoms with Gasteiger partial charge in [0.05, 0.1) is 4.90 Å². The van der Waals surface area contributed by atoms with Crippen LogP contribution in [0.3, 0.4) is 0 Å². The number of nitrogens with zero attached hydrogens (tertiary/aromatic N) is 3. The summed E-state index contributed by atoms with van der Waals surface area (Å²) in [5.74, 6) is -0.318. The van der Waals surface area contributed by atoms with Gasteiger partial charge >= 0.3 is 0 Å². The Labute approximate surface area is 162 Å². The van der Waals surface area contributed by atoms with E-state index in [1.807, 2.05) is 12.1 Å². The third-order valence-electron chi connectivity index (χ3n) is 5.37. The number of piperidine rings is 1. The Bertz CT molecular complexity index is 920. The van der Waals surface area contributed by atoms with Crippen molar-refractivity contribution >= 4 is 32.4 Å². The summed E-state index contributed by atoms with van der Waals surface area (Å²) < 4.78 is 27.5. The number of hydrogen-bond acceptors (Lipinski definition) is 6. The number of aromatic nitrogens is 2. The van der Waals surface area contributed by atoms with Crippen LogP contribution in [0.25, 0.3) is 0 Å². The second-order valence-corrected chi connectivity index (χ2v) is 9.82. The van der Waals surface area contributed by atoms with Gasteiger partial charge in [-0.15, -0.1) is 10.2 Å². The minimum Gasteiger partial charge on any atom is -0.300 e. The number of sulfonamides is 1. The molecule has 1 amide bonds. The van der Waals surface area contributed by atoms with Gasteiger partial charge in [-0.05, 0) is 61.8 Å². The Morgan fingerprint density at radius 3 is 2.59 bits per heavy atom. The first kappa shape index (κ1) is 18.5. The number of benzene rings is 1. The normalized spacial score (nSPS) is 18.8. The van der Waals surface area contributed by atoms with Crippen LogP contribution >= 0.6 is 11.3 Å². The first-order valence-electron chi connectivity index (χ1n) is 9.23. The summed E-state index contributed by atoms with van der Waals surface area (Å²) in [5.41, 5.74) is 3.99. The van der Waals surface area contributed by atoms with Crippen LogP contribution in [-0.2, 0) is 27.7 Å². The molecular formula is C18H22N4O3S2. The highest BCUT2D eigenvalue weighted by Crippen LogP contribution is 2.28. The number of fused-ring (bicyclic) bond motifs is 1. The molecule has 2 heterocycles. The number of carbonyl (C=O) groups is 1. The molecule has 4 rings (SSSR count). The fourth-order valence-corrected chi connectivity index (χ4v) is 5.78. The summed E-state index contributed by atoms with van der Waals surface area (Å²) in [6.45, 7) is 0.710. The van der Waals surface area contributed by atoms with Crippen molar-refractivity contribution in [1.29, 1.82) is 0 Å². The van der Waals surface area contributed by atoms with Crippen LogP contribution < -0.4 is 5.32 Å². The molecule has 0 unspecified atom stereocenters. The summed E-state index contributed by atoms with van der Waals surface area (Å²) in [7, 11) is -3.51. The number of anilines is 1. The topological polar surface area (TPSA) is 92.3 Å². The number of hydrogen-bond donors (Lipinski definition) is 1. The molecule has 144 valence electrons. The third kappa shape index (κ3) is 3.90. The molecule has 27 heavy (non-hydrogen) atoms. The van der Waals surface area contributed by atoms with E-state index in [0.717, 1.165) is 24.8 Å². The lowest BCUT2D eigenvalue weighted by Crippen LogP contribution is -2.41. The molecule has 9 heteroatoms. The molecular weight excluding hydrogens is 384 g/mol. The smallest absolute Gasteiger partial charge is 0.243 e. The summed E-state index contributed by atoms with van der Waals surface area (Å²) in [5, 5.41) is 10.7. The SMILES string of the molecule is O=C(Nc1nncs1)C1CCN(S(=O)(=O)c2ccc3c(c2)CCCC3)CC1. The first-order valence-corrected chi connectivity index (χ1v) is 11.5. The molecule has 0 bridgehead atoms. The largest absolute Gasteiger partial charge is 0.300 e. The van der Waals surface area contributed by atoms with Crippen LogP contribution in [0.15, 0.2) is 28.6 Å². The Kier molecular flexibility index (Phi) is 5.25. The molecule has 2 aromatic rings. The van der Waals surface area contributed by atoms with Crippen LogP contribution in [0.5, 0.6) is 0 Å². The summed E-state index contributed by atoms with van der Waals surface area (Å²) in [6.07, 6.45) is 5.29. The van der Waals surface area contributed by atoms with Crippen LogP contribution in [0, 0.1) is 5.92 Å². The molecule has 1 aliphatic carbocycles. The van der Waals surface area contributed by atoms with Crippen molar-refractivity contribution in [2.24, 2.45) is 5.92 Å². The van der Waals surface area contributed by atoms with Crippen molar-refractivity contribution in [3.8, 4) is 0 Å². The predicted octanol–water partition coefficient (Wildman–Crippen LogP) is 2.46. The van der Waals surface area contributed by atoms with Gasteiger partial charge in [0.2, 0.25) is 21.1 Å². The van der Waals surface area contributed by atoms with Crippen LogP contribution in [-0.4, -0.2) is 41.9 Å². The van der Waals surface area contributed by atoms with Gasteiger partial charge in [0.15, 0.2) is 0 Å². The van der Waals surface area contributed by atoms with Crippen LogP contribution in [0.1, 0.15) is 36.8 Å². The van der Waals surface area contributed by atoms with E-state index in [1.165, 1.54) is 27.6 Å². The quantitative estimate of drug-likeness (QED) is 0.842. The van der Waals surface area contributed by atoms with Gasteiger partial charge in [0.25, 0.3) is 0 Å². The van der Waals surface area contributed by atoms with Gasteiger partial charge in [0, 0.05) is 19.0 Å². The van der Waals surface area contributed by atoms with Crippen molar-refractivity contribution < 1.29 is 13.2 Å². The fraction of sp³-hybridized carbons (Fsp3) is 0.500. The highest BCUT2D eigenvalue weighted by atomic mass is 32.2. The maximum Gasteiger partial charge on any atom is 0.243 e. The summed E-state index contributed by atoms with van der Waals surface area (Å²) >= 11 is 1.27. The van der Waals surface area contributed by atoms with E-state index in [-0.39, 0.29) is 11.8 Å². The standard InChI is InChI=1S/C18H22N4O3S2/c23-17(20-18-21-19-12-26-18)14-7-9-22(10-8-14)27(24,25)16-6-5-13-3-1-2-4-15(13)11-16/h5-6,11-12,14H,1-4,7-10H2,(H,20,21,23). The summed E-state index contributed by atoms with van der Waals surface area (Å²) in [6, 6.07) is 5.54. The maximum atomic E-state index is 13.0. The summed E-state index contributed by atoms with van der Waals surface area (Å²) in [4.78, 5) is 12.7. The zero-order valence-corrected chi connectivity index (χ0v) is 16.6. The van der Waals surface area contributed by atoms with E-state index >= 15 is 0 Å². The zero-order chi connectivity index (χ0) is 18.9. The minimum atomic E-state index is -3.51. The van der Waals surface area contributed by atoms with E-state index in [9.17, 15) is 13.2 Å². The molecule has 1 saturated heterocycles. The lowest BCUT2D eigenvalue weighted by atomic mass is 9.92. The Balaban J connectivity index is 1.42. The number of carbonyl (C=O) groups excluding carboxylic acids is 1. The Morgan fingerprint density at radius 1 is 1.15 bits per heavy atom. The zero-order valence-electron chi connectivity index (χ0n) is 14.9. The highest BCUT2D eigenvalue weighted by Gasteiger charge is 2.32. The van der Waals surface area contributed by atoms with E-state index in [2.05, 4.69) is 15.5 Å². The monoisotopic (exact) mass is 406 g/mol. The number of rotatable bonds is 4. The van der Waals surface area contributed by atoms with Crippen LogP contribution in [0.4, 0.5) is 5.13 Å². The van der Waals surface area contributed by atoms with Crippen molar-refractivity contribution in [3.63, 3.8) is 0 Å². The highest BCUT2D eigenvalue weighted by molar-refractivity contribution is 7.89. The molecule has 0 spiro atoms. The second-order valence-electron chi connectivity index (χ2n) is 7.05. The van der Waals surface area contributed by atoms with E-state index in [0.29, 0.717) is 36.0 Å². The molecule has 0 saturated carbocycles. The maximum absolute atomic E-state index is 13.0. The fourth-order valence-electron chi connectivity index (χ4n) is 3.81. The van der Waals surface area contributed by atoms with Gasteiger partial charge < -0.3 is 5.32 Å². The van der Waals surface area contributed by atoms with Gasteiger partial charge in [-0.2, -0.15) is 4.31 Å². The van der Waals surface area contributed by atoms with E-state index in [1.54, 1.807) is 11.6 Å². The average Bonchev–Trinajstić information content (AvgIpc) is 3.20. The second kappa shape index (κ2) is 7.65.